The molecule has 33 heavy (non-hydrogen) atoms. The van der Waals surface area contributed by atoms with E-state index in [4.69, 9.17) is 33.2 Å². The van der Waals surface area contributed by atoms with E-state index in [1.165, 1.54) is 0 Å². The largest absolute Gasteiger partial charge is 0.272 e. The lowest BCUT2D eigenvalue weighted by Gasteiger charge is -2.39. The molecule has 1 fully saturated rings. The van der Waals surface area contributed by atoms with Crippen LogP contribution < -0.4 is 10.9 Å². The summed E-state index contributed by atoms with van der Waals surface area (Å²) in [4.78, 5) is 36.3. The van der Waals surface area contributed by atoms with Crippen molar-refractivity contribution in [1.82, 2.24) is 20.8 Å². The molecule has 2 amide bonds. The summed E-state index contributed by atoms with van der Waals surface area (Å²) in [5.41, 5.74) is 6.54. The Morgan fingerprint density at radius 3 is 2.18 bits per heavy atom. The van der Waals surface area contributed by atoms with Gasteiger partial charge in [-0.1, -0.05) is 56.1 Å². The zero-order chi connectivity index (χ0) is 23.8. The molecule has 170 valence electrons. The van der Waals surface area contributed by atoms with E-state index in [-0.39, 0.29) is 11.3 Å². The summed E-state index contributed by atoms with van der Waals surface area (Å²) in [6, 6.07) is 10.4. The molecule has 1 saturated carbocycles. The van der Waals surface area contributed by atoms with Crippen molar-refractivity contribution >= 4 is 62.0 Å². The van der Waals surface area contributed by atoms with Gasteiger partial charge in [-0.2, -0.15) is 0 Å². The van der Waals surface area contributed by atoms with Crippen molar-refractivity contribution in [1.29, 1.82) is 0 Å². The van der Waals surface area contributed by atoms with E-state index in [9.17, 15) is 9.59 Å². The number of halogens is 3. The topological polar surface area (TPSA) is 84.0 Å². The molecular weight excluding hydrogens is 527 g/mol. The van der Waals surface area contributed by atoms with Gasteiger partial charge in [0, 0.05) is 9.89 Å². The van der Waals surface area contributed by atoms with Crippen molar-refractivity contribution in [2.75, 3.05) is 0 Å². The van der Waals surface area contributed by atoms with Gasteiger partial charge in [0.25, 0.3) is 11.8 Å². The van der Waals surface area contributed by atoms with Gasteiger partial charge in [-0.05, 0) is 58.5 Å². The Hall–Kier alpha value is -2.22. The number of hydrogen-bond acceptors (Lipinski definition) is 4. The molecule has 2 unspecified atom stereocenters. The smallest absolute Gasteiger partial charge is 0.270 e. The number of amides is 2. The van der Waals surface area contributed by atoms with Crippen LogP contribution >= 0.6 is 39.1 Å². The average molecular weight is 548 g/mol. The van der Waals surface area contributed by atoms with E-state index < -0.39 is 16.7 Å². The maximum atomic E-state index is 13.8. The van der Waals surface area contributed by atoms with Gasteiger partial charge < -0.3 is 0 Å². The van der Waals surface area contributed by atoms with Crippen LogP contribution in [0.1, 0.15) is 55.4 Å². The number of fused-ring (bicyclic) bond motifs is 6. The maximum Gasteiger partial charge on any atom is 0.270 e. The highest BCUT2D eigenvalue weighted by atomic mass is 79.9. The van der Waals surface area contributed by atoms with Gasteiger partial charge in [0.1, 0.15) is 5.41 Å². The minimum absolute atomic E-state index is 0.302. The number of nitrogens with zero attached hydrogens (tertiary/aromatic N) is 2. The first-order valence-corrected chi connectivity index (χ1v) is 12.1. The molecule has 0 radical (unpaired) electrons. The van der Waals surface area contributed by atoms with Crippen molar-refractivity contribution in [3.05, 3.63) is 67.9 Å². The van der Waals surface area contributed by atoms with Crippen LogP contribution in [0.25, 0.3) is 11.0 Å². The third-order valence-electron chi connectivity index (χ3n) is 7.88. The predicted molar refractivity (Wildman–Crippen MR) is 131 cm³/mol. The van der Waals surface area contributed by atoms with E-state index in [0.717, 1.165) is 12.1 Å². The highest BCUT2D eigenvalue weighted by Gasteiger charge is 2.73. The molecule has 3 aromatic rings. The lowest BCUT2D eigenvalue weighted by Crippen LogP contribution is -2.55. The summed E-state index contributed by atoms with van der Waals surface area (Å²) < 4.78 is 0.641. The fourth-order valence-electron chi connectivity index (χ4n) is 5.53. The van der Waals surface area contributed by atoms with Gasteiger partial charge in [0.15, 0.2) is 0 Å². The van der Waals surface area contributed by atoms with Gasteiger partial charge in [0.2, 0.25) is 0 Å². The normalized spacial score (nSPS) is 24.5. The van der Waals surface area contributed by atoms with Crippen LogP contribution in [0.5, 0.6) is 0 Å². The molecule has 5 rings (SSSR count). The second-order valence-corrected chi connectivity index (χ2v) is 11.1. The van der Waals surface area contributed by atoms with Crippen molar-refractivity contribution in [2.45, 2.75) is 44.4 Å². The van der Waals surface area contributed by atoms with Gasteiger partial charge in [-0.15, -0.1) is 0 Å². The van der Waals surface area contributed by atoms with Crippen molar-refractivity contribution < 1.29 is 9.59 Å². The van der Waals surface area contributed by atoms with Gasteiger partial charge in [-0.25, -0.2) is 9.97 Å². The van der Waals surface area contributed by atoms with Gasteiger partial charge >= 0.3 is 0 Å². The quantitative estimate of drug-likeness (QED) is 0.415. The Kier molecular flexibility index (Phi) is 5.05. The first-order chi connectivity index (χ1) is 15.5. The van der Waals surface area contributed by atoms with Crippen molar-refractivity contribution in [2.24, 2.45) is 5.41 Å². The molecule has 0 aliphatic heterocycles. The number of aromatic nitrogens is 2. The zero-order valence-corrected chi connectivity index (χ0v) is 21.3. The molecule has 2 aromatic carbocycles. The molecule has 0 spiro atoms. The molecule has 1 heterocycles. The summed E-state index contributed by atoms with van der Waals surface area (Å²) in [6.45, 7) is 6.28. The number of hydrogen-bond donors (Lipinski definition) is 2. The summed E-state index contributed by atoms with van der Waals surface area (Å²) in [5, 5.41) is 0.791. The minimum atomic E-state index is -0.953. The first-order valence-electron chi connectivity index (χ1n) is 10.6. The van der Waals surface area contributed by atoms with Crippen LogP contribution in [0.3, 0.4) is 0 Å². The van der Waals surface area contributed by atoms with Crippen LogP contribution in [-0.2, 0) is 15.6 Å². The summed E-state index contributed by atoms with van der Waals surface area (Å²) in [6.07, 6.45) is 1.38. The Bertz CT molecular complexity index is 1360. The zero-order valence-electron chi connectivity index (χ0n) is 18.2. The third kappa shape index (κ3) is 2.92. The van der Waals surface area contributed by atoms with Crippen molar-refractivity contribution in [3.8, 4) is 0 Å². The Balaban J connectivity index is 1.56. The fraction of sp³-hybridized carbons (Fsp3) is 0.333. The van der Waals surface area contributed by atoms with Crippen LogP contribution in [0.2, 0.25) is 10.0 Å². The highest BCUT2D eigenvalue weighted by molar-refractivity contribution is 9.10. The van der Waals surface area contributed by atoms with E-state index in [0.29, 0.717) is 43.2 Å². The van der Waals surface area contributed by atoms with E-state index >= 15 is 0 Å². The maximum absolute atomic E-state index is 13.8. The standard InChI is InChI=1S/C24H21BrCl2N4O2/c1-22(2)23(3)8-9-24(22,21(33)31-30-20(32)12-6-4-5-7-13(12)25)19-18(23)28-16-10-14(26)15(27)11-17(16)29-19/h4-7,10-11H,8-9H2,1-3H3,(H,30,32)(H,31,33). The molecule has 2 bridgehead atoms. The Morgan fingerprint density at radius 2 is 1.55 bits per heavy atom. The molecule has 9 heteroatoms. The van der Waals surface area contributed by atoms with Crippen LogP contribution in [0, 0.1) is 5.41 Å². The fourth-order valence-corrected chi connectivity index (χ4v) is 6.31. The van der Waals surface area contributed by atoms with Crippen LogP contribution in [0.15, 0.2) is 40.9 Å². The number of carbonyl (C=O) groups is 2. The van der Waals surface area contributed by atoms with E-state index in [1.54, 1.807) is 30.3 Å². The Labute approximate surface area is 209 Å². The number of nitrogens with one attached hydrogen (secondary N) is 2. The van der Waals surface area contributed by atoms with E-state index in [1.807, 2.05) is 6.07 Å². The lowest BCUT2D eigenvalue weighted by atomic mass is 9.63. The molecule has 2 atom stereocenters. The SMILES string of the molecule is CC12CCC(C(=O)NNC(=O)c3ccccc3Br)(c3nc4cc(Cl)c(Cl)cc4nc31)C2(C)C. The van der Waals surface area contributed by atoms with Crippen molar-refractivity contribution in [3.63, 3.8) is 0 Å². The molecule has 2 aliphatic carbocycles. The van der Waals surface area contributed by atoms with Gasteiger partial charge in [0.05, 0.1) is 38.0 Å². The van der Waals surface area contributed by atoms with Gasteiger partial charge in [-0.3, -0.25) is 20.4 Å². The molecule has 0 saturated heterocycles. The Morgan fingerprint density at radius 1 is 0.939 bits per heavy atom. The predicted octanol–water partition coefficient (Wildman–Crippen LogP) is 5.49. The third-order valence-corrected chi connectivity index (χ3v) is 9.29. The first kappa shape index (κ1) is 22.6. The molecule has 2 N–H and O–H groups in total. The van der Waals surface area contributed by atoms with Crippen LogP contribution in [0.4, 0.5) is 0 Å². The summed E-state index contributed by atoms with van der Waals surface area (Å²) in [5.74, 6) is -0.709. The summed E-state index contributed by atoms with van der Waals surface area (Å²) >= 11 is 15.8. The second kappa shape index (κ2) is 7.39. The minimum Gasteiger partial charge on any atom is -0.272 e. The molecular formula is C24H21BrCl2N4O2. The van der Waals surface area contributed by atoms with E-state index in [2.05, 4.69) is 47.6 Å². The molecule has 1 aromatic heterocycles. The average Bonchev–Trinajstić information content (AvgIpc) is 3.07. The highest BCUT2D eigenvalue weighted by Crippen LogP contribution is 2.70. The number of carbonyl (C=O) groups excluding carboxylic acids is 2. The number of rotatable bonds is 2. The molecule has 2 aliphatic rings. The number of hydrazine groups is 1. The number of benzene rings is 2. The summed E-state index contributed by atoms with van der Waals surface area (Å²) in [7, 11) is 0. The van der Waals surface area contributed by atoms with Crippen LogP contribution in [-0.4, -0.2) is 21.8 Å². The molecule has 6 nitrogen and oxygen atoms in total. The second-order valence-electron chi connectivity index (χ2n) is 9.43. The monoisotopic (exact) mass is 546 g/mol. The lowest BCUT2D eigenvalue weighted by molar-refractivity contribution is -0.131.